The molecular weight excluding hydrogens is 338 g/mol. The summed E-state index contributed by atoms with van der Waals surface area (Å²) < 4.78 is 5.78. The van der Waals surface area contributed by atoms with E-state index in [4.69, 9.17) is 4.74 Å². The number of rotatable bonds is 2. The smallest absolute Gasteiger partial charge is 0.310 e. The molecule has 1 aromatic carbocycles. The van der Waals surface area contributed by atoms with Crippen molar-refractivity contribution in [2.75, 3.05) is 5.32 Å². The number of benzene rings is 1. The zero-order chi connectivity index (χ0) is 16.0. The summed E-state index contributed by atoms with van der Waals surface area (Å²) in [5.74, 6) is -1.24. The fourth-order valence-electron chi connectivity index (χ4n) is 2.33. The Labute approximate surface area is 131 Å². The number of esters is 1. The van der Waals surface area contributed by atoms with E-state index < -0.39 is 29.5 Å². The summed E-state index contributed by atoms with van der Waals surface area (Å²) >= 11 is 3.33. The zero-order valence-corrected chi connectivity index (χ0v) is 14.0. The first kappa shape index (κ1) is 16.0. The van der Waals surface area contributed by atoms with Crippen LogP contribution in [0.1, 0.15) is 38.3 Å². The van der Waals surface area contributed by atoms with Crippen molar-refractivity contribution in [3.8, 4) is 0 Å². The number of halogens is 1. The van der Waals surface area contributed by atoms with E-state index in [2.05, 4.69) is 21.2 Å². The Bertz CT molecular complexity index is 621. The highest BCUT2D eigenvalue weighted by Crippen LogP contribution is 2.44. The van der Waals surface area contributed by atoms with E-state index in [0.29, 0.717) is 15.7 Å². The maximum absolute atomic E-state index is 12.2. The third-order valence-corrected chi connectivity index (χ3v) is 3.87. The second-order valence-corrected chi connectivity index (χ2v) is 7.05. The highest BCUT2D eigenvalue weighted by Gasteiger charge is 2.49. The van der Waals surface area contributed by atoms with Crippen LogP contribution in [0.5, 0.6) is 0 Å². The van der Waals surface area contributed by atoms with Gasteiger partial charge in [0.2, 0.25) is 0 Å². The summed E-state index contributed by atoms with van der Waals surface area (Å²) in [5, 5.41) is 13.4. The number of carbonyl (C=O) groups is 2. The molecule has 1 amide bonds. The second-order valence-electron chi connectivity index (χ2n) is 6.19. The molecule has 114 valence electrons. The first-order valence-electron chi connectivity index (χ1n) is 6.60. The molecule has 0 saturated carbocycles. The van der Waals surface area contributed by atoms with E-state index in [0.717, 1.165) is 5.56 Å². The van der Waals surface area contributed by atoms with Gasteiger partial charge in [-0.15, -0.1) is 0 Å². The van der Waals surface area contributed by atoms with Crippen LogP contribution in [0.3, 0.4) is 0 Å². The van der Waals surface area contributed by atoms with Gasteiger partial charge in [0.1, 0.15) is 5.60 Å². The van der Waals surface area contributed by atoms with Gasteiger partial charge in [-0.05, 0) is 39.3 Å². The molecule has 2 rings (SSSR count). The lowest BCUT2D eigenvalue weighted by molar-refractivity contribution is -0.163. The molecule has 0 aliphatic carbocycles. The average Bonchev–Trinajstić information content (AvgIpc) is 2.55. The topological polar surface area (TPSA) is 75.6 Å². The van der Waals surface area contributed by atoms with E-state index in [1.807, 2.05) is 13.0 Å². The molecular formula is C15H18BrNO4. The molecule has 1 atom stereocenters. The molecule has 2 N–H and O–H groups in total. The summed E-state index contributed by atoms with van der Waals surface area (Å²) in [7, 11) is 0. The number of aliphatic hydroxyl groups is 1. The largest absolute Gasteiger partial charge is 0.460 e. The fourth-order valence-corrected chi connectivity index (χ4v) is 2.99. The highest BCUT2D eigenvalue weighted by atomic mass is 79.9. The van der Waals surface area contributed by atoms with Gasteiger partial charge < -0.3 is 15.2 Å². The van der Waals surface area contributed by atoms with Crippen LogP contribution in [0.4, 0.5) is 5.69 Å². The zero-order valence-electron chi connectivity index (χ0n) is 12.4. The molecule has 0 spiro atoms. The van der Waals surface area contributed by atoms with Crippen LogP contribution >= 0.6 is 15.9 Å². The van der Waals surface area contributed by atoms with Crippen LogP contribution in [0.2, 0.25) is 0 Å². The van der Waals surface area contributed by atoms with Crippen LogP contribution in [-0.2, 0) is 19.9 Å². The molecule has 1 aliphatic heterocycles. The highest BCUT2D eigenvalue weighted by molar-refractivity contribution is 9.10. The van der Waals surface area contributed by atoms with E-state index in [-0.39, 0.29) is 0 Å². The summed E-state index contributed by atoms with van der Waals surface area (Å²) in [6.07, 6.45) is -0.425. The Balaban J connectivity index is 2.39. The van der Waals surface area contributed by atoms with Gasteiger partial charge in [0.25, 0.3) is 5.91 Å². The van der Waals surface area contributed by atoms with Gasteiger partial charge in [0.05, 0.1) is 12.1 Å². The molecule has 6 heteroatoms. The van der Waals surface area contributed by atoms with Crippen molar-refractivity contribution in [1.82, 2.24) is 0 Å². The Morgan fingerprint density at radius 1 is 1.43 bits per heavy atom. The van der Waals surface area contributed by atoms with Crippen molar-refractivity contribution in [2.45, 2.75) is 45.3 Å². The summed E-state index contributed by atoms with van der Waals surface area (Å²) in [6, 6.07) is 3.57. The standard InChI is InChI=1S/C15H18BrNO4/c1-8-5-6-9(16)11-12(8)17-13(19)15(11,20)7-10(18)21-14(2,3)4/h5-6,20H,7H2,1-4H3,(H,17,19). The maximum atomic E-state index is 12.2. The van der Waals surface area contributed by atoms with Crippen molar-refractivity contribution in [3.05, 3.63) is 27.7 Å². The van der Waals surface area contributed by atoms with Gasteiger partial charge in [-0.2, -0.15) is 0 Å². The number of anilines is 1. The van der Waals surface area contributed by atoms with E-state index in [1.54, 1.807) is 26.8 Å². The van der Waals surface area contributed by atoms with Crippen LogP contribution in [0, 0.1) is 6.92 Å². The minimum Gasteiger partial charge on any atom is -0.460 e. The number of ether oxygens (including phenoxy) is 1. The fraction of sp³-hybridized carbons (Fsp3) is 0.467. The number of carbonyl (C=O) groups excluding carboxylic acids is 2. The number of hydrogen-bond donors (Lipinski definition) is 2. The Morgan fingerprint density at radius 3 is 2.62 bits per heavy atom. The number of fused-ring (bicyclic) bond motifs is 1. The van der Waals surface area contributed by atoms with Crippen LogP contribution < -0.4 is 5.32 Å². The predicted molar refractivity (Wildman–Crippen MR) is 81.9 cm³/mol. The predicted octanol–water partition coefficient (Wildman–Crippen LogP) is 2.63. The quantitative estimate of drug-likeness (QED) is 0.799. The van der Waals surface area contributed by atoms with Crippen LogP contribution in [0.25, 0.3) is 0 Å². The van der Waals surface area contributed by atoms with Gasteiger partial charge in [-0.1, -0.05) is 22.0 Å². The van der Waals surface area contributed by atoms with Crippen molar-refractivity contribution >= 4 is 33.5 Å². The van der Waals surface area contributed by atoms with Crippen LogP contribution in [0.15, 0.2) is 16.6 Å². The monoisotopic (exact) mass is 355 g/mol. The van der Waals surface area contributed by atoms with Gasteiger partial charge in [0, 0.05) is 10.0 Å². The van der Waals surface area contributed by atoms with Crippen molar-refractivity contribution in [1.29, 1.82) is 0 Å². The van der Waals surface area contributed by atoms with E-state index in [1.165, 1.54) is 0 Å². The third-order valence-electron chi connectivity index (χ3n) is 3.21. The molecule has 0 radical (unpaired) electrons. The second kappa shape index (κ2) is 5.10. The lowest BCUT2D eigenvalue weighted by atomic mass is 9.91. The SMILES string of the molecule is Cc1ccc(Br)c2c1NC(=O)C2(O)CC(=O)OC(C)(C)C. The van der Waals surface area contributed by atoms with Gasteiger partial charge >= 0.3 is 5.97 Å². The lowest BCUT2D eigenvalue weighted by Crippen LogP contribution is -2.38. The summed E-state index contributed by atoms with van der Waals surface area (Å²) in [4.78, 5) is 24.2. The molecule has 1 aliphatic rings. The minimum atomic E-state index is -1.91. The van der Waals surface area contributed by atoms with E-state index >= 15 is 0 Å². The van der Waals surface area contributed by atoms with E-state index in [9.17, 15) is 14.7 Å². The molecule has 0 saturated heterocycles. The van der Waals surface area contributed by atoms with Crippen molar-refractivity contribution < 1.29 is 19.4 Å². The molecule has 21 heavy (non-hydrogen) atoms. The van der Waals surface area contributed by atoms with Gasteiger partial charge in [-0.25, -0.2) is 0 Å². The Kier molecular flexibility index (Phi) is 3.88. The lowest BCUT2D eigenvalue weighted by Gasteiger charge is -2.25. The first-order valence-corrected chi connectivity index (χ1v) is 7.39. The Morgan fingerprint density at radius 2 is 2.05 bits per heavy atom. The number of aryl methyl sites for hydroxylation is 1. The van der Waals surface area contributed by atoms with Gasteiger partial charge in [-0.3, -0.25) is 9.59 Å². The van der Waals surface area contributed by atoms with Crippen molar-refractivity contribution in [2.24, 2.45) is 0 Å². The Hall–Kier alpha value is -1.40. The number of amides is 1. The molecule has 5 nitrogen and oxygen atoms in total. The summed E-state index contributed by atoms with van der Waals surface area (Å²) in [6.45, 7) is 7.03. The molecule has 0 fully saturated rings. The molecule has 0 bridgehead atoms. The third kappa shape index (κ3) is 2.96. The number of hydrogen-bond acceptors (Lipinski definition) is 4. The first-order chi connectivity index (χ1) is 9.54. The minimum absolute atomic E-state index is 0.387. The molecule has 1 aromatic rings. The molecule has 1 unspecified atom stereocenters. The normalized spacial score (nSPS) is 21.0. The van der Waals surface area contributed by atoms with Crippen molar-refractivity contribution in [3.63, 3.8) is 0 Å². The molecule has 1 heterocycles. The summed E-state index contributed by atoms with van der Waals surface area (Å²) in [5.41, 5.74) is -0.835. The average molecular weight is 356 g/mol. The molecule has 0 aromatic heterocycles. The maximum Gasteiger partial charge on any atom is 0.310 e. The van der Waals surface area contributed by atoms with Crippen LogP contribution in [-0.4, -0.2) is 22.6 Å². The van der Waals surface area contributed by atoms with Gasteiger partial charge in [0.15, 0.2) is 5.60 Å². The number of nitrogens with one attached hydrogen (secondary N) is 1.